The first-order valence-corrected chi connectivity index (χ1v) is 14.3. The number of ether oxygens (including phenoxy) is 1. The fourth-order valence-electron chi connectivity index (χ4n) is 6.91. The van der Waals surface area contributed by atoms with Gasteiger partial charge in [-0.1, -0.05) is 50.4 Å². The number of hydrogen-bond acceptors (Lipinski definition) is 5. The number of likely N-dealkylation sites (tertiary alicyclic amines) is 1. The van der Waals surface area contributed by atoms with Gasteiger partial charge in [0.05, 0.1) is 23.0 Å². The van der Waals surface area contributed by atoms with E-state index in [2.05, 4.69) is 24.5 Å². The number of amides is 3. The fourth-order valence-corrected chi connectivity index (χ4v) is 7.09. The third kappa shape index (κ3) is 4.98. The van der Waals surface area contributed by atoms with Gasteiger partial charge in [-0.2, -0.15) is 0 Å². The smallest absolute Gasteiger partial charge is 0.246 e. The van der Waals surface area contributed by atoms with Crippen LogP contribution in [-0.2, 0) is 19.1 Å². The van der Waals surface area contributed by atoms with Gasteiger partial charge in [-0.25, -0.2) is 4.39 Å². The number of carbonyl (C=O) groups is 3. The predicted octanol–water partition coefficient (Wildman–Crippen LogP) is 3.46. The molecule has 1 aromatic carbocycles. The van der Waals surface area contributed by atoms with Gasteiger partial charge in [0.15, 0.2) is 0 Å². The van der Waals surface area contributed by atoms with E-state index in [0.717, 1.165) is 25.8 Å². The van der Waals surface area contributed by atoms with Crippen LogP contribution < -0.4 is 10.6 Å². The van der Waals surface area contributed by atoms with E-state index in [1.54, 1.807) is 11.0 Å². The van der Waals surface area contributed by atoms with Gasteiger partial charge in [0, 0.05) is 18.3 Å². The molecule has 1 aromatic rings. The van der Waals surface area contributed by atoms with Crippen LogP contribution in [0.1, 0.15) is 39.5 Å². The minimum atomic E-state index is -1.21. The molecule has 1 aliphatic carbocycles. The highest BCUT2D eigenvalue weighted by molar-refractivity contribution is 6.31. The second kappa shape index (κ2) is 10.8. The molecular formula is C29H38ClFN4O4. The molecule has 39 heavy (non-hydrogen) atoms. The highest BCUT2D eigenvalue weighted by Crippen LogP contribution is 2.55. The summed E-state index contributed by atoms with van der Waals surface area (Å²) in [7, 11) is 3.93. The van der Waals surface area contributed by atoms with Crippen LogP contribution in [-0.4, -0.2) is 78.5 Å². The highest BCUT2D eigenvalue weighted by atomic mass is 35.5. The molecule has 2 N–H and O–H groups in total. The lowest BCUT2D eigenvalue weighted by atomic mass is 9.73. The second-order valence-electron chi connectivity index (χ2n) is 11.9. The minimum absolute atomic E-state index is 0.0281. The highest BCUT2D eigenvalue weighted by Gasteiger charge is 2.72. The SMILES string of the molecule is CC1CCCC(NC(=O)C2N(CCCN(C)C)C(=O)[C@H]3[C@@H](C(=O)Nc4ccc(F)c(Cl)c4)[C@@H]4C=C[C@]23O4)C1C. The Morgan fingerprint density at radius 1 is 1.23 bits per heavy atom. The van der Waals surface area contributed by atoms with Crippen molar-refractivity contribution in [3.05, 3.63) is 41.2 Å². The third-order valence-corrected chi connectivity index (χ3v) is 9.44. The maximum absolute atomic E-state index is 14.0. The normalized spacial score (nSPS) is 35.0. The molecule has 8 atom stereocenters. The Balaban J connectivity index is 1.42. The minimum Gasteiger partial charge on any atom is -0.359 e. The molecule has 4 aliphatic rings. The average Bonchev–Trinajstić information content (AvgIpc) is 3.51. The van der Waals surface area contributed by atoms with Gasteiger partial charge in [-0.15, -0.1) is 0 Å². The van der Waals surface area contributed by atoms with Gasteiger partial charge in [-0.05, 0) is 63.5 Å². The largest absolute Gasteiger partial charge is 0.359 e. The molecule has 5 rings (SSSR count). The molecule has 2 bridgehead atoms. The van der Waals surface area contributed by atoms with E-state index in [-0.39, 0.29) is 22.9 Å². The molecular weight excluding hydrogens is 523 g/mol. The monoisotopic (exact) mass is 560 g/mol. The standard InChI is InChI=1S/C29H38ClFN4O4/c1-16-7-5-8-21(17(16)2)33-27(37)25-29-12-11-22(39-29)23(24(29)28(38)35(25)14-6-13-34(3)4)26(36)32-18-9-10-20(31)19(30)15-18/h9-12,15-17,21-25H,5-8,13-14H2,1-4H3,(H,32,36)(H,33,37)/t16?,17?,21?,22-,23-,24+,25?,29+/m0/s1. The molecule has 212 valence electrons. The summed E-state index contributed by atoms with van der Waals surface area (Å²) in [6.07, 6.45) is 6.75. The Labute approximate surface area is 234 Å². The summed E-state index contributed by atoms with van der Waals surface area (Å²) in [6.45, 7) is 5.52. The van der Waals surface area contributed by atoms with Crippen molar-refractivity contribution in [3.8, 4) is 0 Å². The zero-order valence-electron chi connectivity index (χ0n) is 23.0. The van der Waals surface area contributed by atoms with Crippen LogP contribution in [0, 0.1) is 29.5 Å². The van der Waals surface area contributed by atoms with E-state index in [9.17, 15) is 18.8 Å². The first kappa shape index (κ1) is 28.1. The van der Waals surface area contributed by atoms with Crippen molar-refractivity contribution in [2.75, 3.05) is 32.5 Å². The van der Waals surface area contributed by atoms with E-state index in [4.69, 9.17) is 16.3 Å². The van der Waals surface area contributed by atoms with Crippen molar-refractivity contribution in [1.82, 2.24) is 15.1 Å². The van der Waals surface area contributed by atoms with E-state index >= 15 is 0 Å². The van der Waals surface area contributed by atoms with E-state index in [1.807, 2.05) is 25.1 Å². The molecule has 1 spiro atoms. The van der Waals surface area contributed by atoms with Crippen molar-refractivity contribution in [3.63, 3.8) is 0 Å². The topological polar surface area (TPSA) is 91.0 Å². The van der Waals surface area contributed by atoms with Gasteiger partial charge in [0.2, 0.25) is 17.7 Å². The van der Waals surface area contributed by atoms with Crippen molar-refractivity contribution in [2.24, 2.45) is 23.7 Å². The zero-order valence-corrected chi connectivity index (χ0v) is 23.7. The molecule has 3 fully saturated rings. The van der Waals surface area contributed by atoms with Gasteiger partial charge in [0.25, 0.3) is 0 Å². The number of hydrogen-bond donors (Lipinski definition) is 2. The molecule has 1 saturated carbocycles. The Bertz CT molecular complexity index is 1180. The number of carbonyl (C=O) groups excluding carboxylic acids is 3. The first-order valence-electron chi connectivity index (χ1n) is 13.9. The predicted molar refractivity (Wildman–Crippen MR) is 147 cm³/mol. The first-order chi connectivity index (χ1) is 18.5. The Morgan fingerprint density at radius 2 is 2.00 bits per heavy atom. The van der Waals surface area contributed by atoms with Crippen LogP contribution >= 0.6 is 11.6 Å². The summed E-state index contributed by atoms with van der Waals surface area (Å²) < 4.78 is 20.1. The molecule has 2 saturated heterocycles. The number of benzene rings is 1. The van der Waals surface area contributed by atoms with Crippen molar-refractivity contribution in [1.29, 1.82) is 0 Å². The second-order valence-corrected chi connectivity index (χ2v) is 12.3. The van der Waals surface area contributed by atoms with Gasteiger partial charge < -0.3 is 25.2 Å². The summed E-state index contributed by atoms with van der Waals surface area (Å²) in [5, 5.41) is 5.94. The number of rotatable bonds is 8. The summed E-state index contributed by atoms with van der Waals surface area (Å²) in [4.78, 5) is 45.2. The maximum Gasteiger partial charge on any atom is 0.246 e. The summed E-state index contributed by atoms with van der Waals surface area (Å²) >= 11 is 5.90. The number of nitrogens with one attached hydrogen (secondary N) is 2. The Morgan fingerprint density at radius 3 is 2.72 bits per heavy atom. The molecule has 0 radical (unpaired) electrons. The van der Waals surface area contributed by atoms with Crippen LogP contribution in [0.25, 0.3) is 0 Å². The maximum atomic E-state index is 14.0. The van der Waals surface area contributed by atoms with E-state index < -0.39 is 41.3 Å². The van der Waals surface area contributed by atoms with E-state index in [0.29, 0.717) is 30.5 Å². The lowest BCUT2D eigenvalue weighted by Crippen LogP contribution is -2.58. The number of nitrogens with zero attached hydrogens (tertiary/aromatic N) is 2. The molecule has 8 nitrogen and oxygen atoms in total. The van der Waals surface area contributed by atoms with Crippen LogP contribution in [0.5, 0.6) is 0 Å². The van der Waals surface area contributed by atoms with Crippen molar-refractivity contribution in [2.45, 2.75) is 63.3 Å². The van der Waals surface area contributed by atoms with Crippen LogP contribution in [0.4, 0.5) is 10.1 Å². The summed E-state index contributed by atoms with van der Waals surface area (Å²) in [5.41, 5.74) is -0.884. The number of halogens is 2. The van der Waals surface area contributed by atoms with Gasteiger partial charge >= 0.3 is 0 Å². The Hall–Kier alpha value is -2.49. The average molecular weight is 561 g/mol. The fraction of sp³-hybridized carbons (Fsp3) is 0.621. The lowest BCUT2D eigenvalue weighted by Gasteiger charge is -2.38. The summed E-state index contributed by atoms with van der Waals surface area (Å²) in [6, 6.07) is 3.10. The molecule has 10 heteroatoms. The van der Waals surface area contributed by atoms with Crippen molar-refractivity contribution < 1.29 is 23.5 Å². The molecule has 3 aliphatic heterocycles. The van der Waals surface area contributed by atoms with E-state index in [1.165, 1.54) is 18.2 Å². The lowest BCUT2D eigenvalue weighted by molar-refractivity contribution is -0.141. The Kier molecular flexibility index (Phi) is 7.79. The molecule has 4 unspecified atom stereocenters. The van der Waals surface area contributed by atoms with Crippen molar-refractivity contribution >= 4 is 35.0 Å². The number of fused-ring (bicyclic) bond motifs is 1. The molecule has 0 aromatic heterocycles. The molecule has 3 amide bonds. The van der Waals surface area contributed by atoms with Crippen LogP contribution in [0.2, 0.25) is 5.02 Å². The van der Waals surface area contributed by atoms with Gasteiger partial charge in [-0.3, -0.25) is 14.4 Å². The molecule has 3 heterocycles. The van der Waals surface area contributed by atoms with Crippen LogP contribution in [0.15, 0.2) is 30.4 Å². The summed E-state index contributed by atoms with van der Waals surface area (Å²) in [5.74, 6) is -2.31. The number of anilines is 1. The van der Waals surface area contributed by atoms with Gasteiger partial charge in [0.1, 0.15) is 17.5 Å². The third-order valence-electron chi connectivity index (χ3n) is 9.15. The zero-order chi connectivity index (χ0) is 28.1. The quantitative estimate of drug-likeness (QED) is 0.475. The van der Waals surface area contributed by atoms with Crippen LogP contribution in [0.3, 0.4) is 0 Å².